The molecular weight excluding hydrogens is 368 g/mol. The van der Waals surface area contributed by atoms with Gasteiger partial charge >= 0.3 is 0 Å². The van der Waals surface area contributed by atoms with Crippen LogP contribution in [0.15, 0.2) is 47.5 Å². The molecule has 0 radical (unpaired) electrons. The van der Waals surface area contributed by atoms with Crippen molar-refractivity contribution in [3.63, 3.8) is 0 Å². The molecule has 4 rings (SSSR count). The number of hydrogen-bond donors (Lipinski definition) is 1. The Labute approximate surface area is 169 Å². The first-order valence-electron chi connectivity index (χ1n) is 10.2. The number of rotatable bonds is 5. The summed E-state index contributed by atoms with van der Waals surface area (Å²) in [6.07, 6.45) is 6.02. The Morgan fingerprint density at radius 3 is 2.83 bits per heavy atom. The van der Waals surface area contributed by atoms with Crippen molar-refractivity contribution in [3.8, 4) is 0 Å². The van der Waals surface area contributed by atoms with Crippen molar-refractivity contribution in [3.05, 3.63) is 64.3 Å². The number of piperidine rings is 1. The minimum atomic E-state index is -0.574. The van der Waals surface area contributed by atoms with Crippen molar-refractivity contribution in [2.24, 2.45) is 5.92 Å². The lowest BCUT2D eigenvalue weighted by molar-refractivity contribution is -0.135. The monoisotopic (exact) mass is 394 g/mol. The lowest BCUT2D eigenvalue weighted by Crippen LogP contribution is -2.54. The van der Waals surface area contributed by atoms with Crippen LogP contribution < -0.4 is 10.9 Å². The molecule has 2 amide bonds. The predicted molar refractivity (Wildman–Crippen MR) is 108 cm³/mol. The maximum Gasteiger partial charge on any atom is 0.251 e. The summed E-state index contributed by atoms with van der Waals surface area (Å²) in [6.45, 7) is 3.22. The fourth-order valence-corrected chi connectivity index (χ4v) is 4.68. The van der Waals surface area contributed by atoms with Crippen LogP contribution in [0.5, 0.6) is 0 Å². The number of hydrogen-bond acceptors (Lipinski definition) is 4. The summed E-state index contributed by atoms with van der Waals surface area (Å²) in [4.78, 5) is 43.6. The van der Waals surface area contributed by atoms with Gasteiger partial charge in [0.05, 0.1) is 0 Å². The van der Waals surface area contributed by atoms with E-state index in [9.17, 15) is 14.4 Å². The van der Waals surface area contributed by atoms with Gasteiger partial charge in [0.25, 0.3) is 5.56 Å². The first kappa shape index (κ1) is 19.4. The van der Waals surface area contributed by atoms with Gasteiger partial charge in [-0.3, -0.25) is 23.9 Å². The van der Waals surface area contributed by atoms with Crippen LogP contribution >= 0.6 is 0 Å². The Bertz CT molecular complexity index is 956. The van der Waals surface area contributed by atoms with E-state index in [-0.39, 0.29) is 29.2 Å². The first-order chi connectivity index (χ1) is 14.0. The number of aryl methyl sites for hydroxylation is 1. The molecule has 3 atom stereocenters. The number of likely N-dealkylation sites (tertiary alicyclic amines) is 1. The SMILES string of the molecule is CC(=O)N1C[C@H]2C[C@@H](C1)[C@H](C(=O)NCCCc1cccnc1)n1c2cccc1=O. The fraction of sp³-hybridized carbons (Fsp3) is 0.455. The highest BCUT2D eigenvalue weighted by Gasteiger charge is 2.44. The maximum atomic E-state index is 13.1. The Kier molecular flexibility index (Phi) is 5.47. The van der Waals surface area contributed by atoms with E-state index < -0.39 is 6.04 Å². The van der Waals surface area contributed by atoms with Gasteiger partial charge in [0.2, 0.25) is 11.8 Å². The molecule has 2 aromatic rings. The molecule has 2 aliphatic rings. The summed E-state index contributed by atoms with van der Waals surface area (Å²) in [6, 6.07) is 8.51. The molecule has 2 aliphatic heterocycles. The molecule has 152 valence electrons. The molecule has 4 heterocycles. The summed E-state index contributed by atoms with van der Waals surface area (Å²) >= 11 is 0. The summed E-state index contributed by atoms with van der Waals surface area (Å²) < 4.78 is 1.66. The average Bonchev–Trinajstić information content (AvgIpc) is 2.72. The topological polar surface area (TPSA) is 84.3 Å². The Morgan fingerprint density at radius 2 is 2.07 bits per heavy atom. The van der Waals surface area contributed by atoms with Gasteiger partial charge in [0.1, 0.15) is 6.04 Å². The van der Waals surface area contributed by atoms with Crippen molar-refractivity contribution in [2.45, 2.75) is 38.1 Å². The Balaban J connectivity index is 1.50. The van der Waals surface area contributed by atoms with Crippen LogP contribution in [0.1, 0.15) is 43.0 Å². The normalized spacial score (nSPS) is 22.7. The molecule has 29 heavy (non-hydrogen) atoms. The zero-order valence-electron chi connectivity index (χ0n) is 16.6. The molecule has 0 unspecified atom stereocenters. The number of carbonyl (C=O) groups is 2. The van der Waals surface area contributed by atoms with Gasteiger partial charge in [-0.1, -0.05) is 12.1 Å². The number of nitrogens with zero attached hydrogens (tertiary/aromatic N) is 3. The molecule has 0 aliphatic carbocycles. The zero-order chi connectivity index (χ0) is 20.4. The van der Waals surface area contributed by atoms with Crippen LogP contribution in [-0.2, 0) is 16.0 Å². The number of fused-ring (bicyclic) bond motifs is 4. The van der Waals surface area contributed by atoms with Crippen molar-refractivity contribution in [1.82, 2.24) is 19.8 Å². The van der Waals surface area contributed by atoms with Crippen molar-refractivity contribution in [1.29, 1.82) is 0 Å². The van der Waals surface area contributed by atoms with Gasteiger partial charge in [0.15, 0.2) is 0 Å². The van der Waals surface area contributed by atoms with E-state index in [4.69, 9.17) is 0 Å². The third-order valence-electron chi connectivity index (χ3n) is 6.03. The first-order valence-corrected chi connectivity index (χ1v) is 10.2. The minimum Gasteiger partial charge on any atom is -0.354 e. The average molecular weight is 394 g/mol. The lowest BCUT2D eigenvalue weighted by Gasteiger charge is -2.46. The van der Waals surface area contributed by atoms with Gasteiger partial charge in [-0.25, -0.2) is 0 Å². The third kappa shape index (κ3) is 3.95. The molecule has 1 N–H and O–H groups in total. The number of carbonyl (C=O) groups excluding carboxylic acids is 2. The number of nitrogens with one attached hydrogen (secondary N) is 1. The molecule has 2 bridgehead atoms. The largest absolute Gasteiger partial charge is 0.354 e. The van der Waals surface area contributed by atoms with Crippen LogP contribution in [0.2, 0.25) is 0 Å². The van der Waals surface area contributed by atoms with Crippen LogP contribution in [0, 0.1) is 5.92 Å². The Morgan fingerprint density at radius 1 is 1.21 bits per heavy atom. The van der Waals surface area contributed by atoms with E-state index in [1.54, 1.807) is 23.8 Å². The third-order valence-corrected chi connectivity index (χ3v) is 6.03. The quantitative estimate of drug-likeness (QED) is 0.779. The second-order valence-corrected chi connectivity index (χ2v) is 7.98. The van der Waals surface area contributed by atoms with E-state index in [0.29, 0.717) is 19.6 Å². The van der Waals surface area contributed by atoms with Gasteiger partial charge in [0, 0.05) is 62.5 Å². The molecule has 1 fully saturated rings. The molecule has 2 aromatic heterocycles. The number of pyridine rings is 2. The van der Waals surface area contributed by atoms with E-state index in [2.05, 4.69) is 10.3 Å². The van der Waals surface area contributed by atoms with Crippen LogP contribution in [0.3, 0.4) is 0 Å². The van der Waals surface area contributed by atoms with Gasteiger partial charge in [-0.05, 0) is 37.0 Å². The summed E-state index contributed by atoms with van der Waals surface area (Å²) in [5.41, 5.74) is 1.84. The summed E-state index contributed by atoms with van der Waals surface area (Å²) in [5, 5.41) is 3.02. The number of amides is 2. The standard InChI is InChI=1S/C22H26N4O3/c1-15(27)25-13-17-11-18(14-25)21(26-19(17)7-2-8-20(26)28)22(29)24-10-4-6-16-5-3-9-23-12-16/h2-3,5,7-9,12,17-18,21H,4,6,10-11,13-14H2,1H3,(H,24,29)/t17-,18+,21-/m1/s1. The van der Waals surface area contributed by atoms with Crippen LogP contribution in [-0.4, -0.2) is 45.9 Å². The van der Waals surface area contributed by atoms with E-state index in [0.717, 1.165) is 30.5 Å². The van der Waals surface area contributed by atoms with Gasteiger partial charge < -0.3 is 10.2 Å². The predicted octanol–water partition coefficient (Wildman–Crippen LogP) is 1.50. The van der Waals surface area contributed by atoms with Gasteiger partial charge in [-0.2, -0.15) is 0 Å². The van der Waals surface area contributed by atoms with E-state index >= 15 is 0 Å². The summed E-state index contributed by atoms with van der Waals surface area (Å²) in [7, 11) is 0. The zero-order valence-corrected chi connectivity index (χ0v) is 16.6. The molecule has 7 nitrogen and oxygen atoms in total. The van der Waals surface area contributed by atoms with Gasteiger partial charge in [-0.15, -0.1) is 0 Å². The van der Waals surface area contributed by atoms with Crippen LogP contribution in [0.25, 0.3) is 0 Å². The molecular formula is C22H26N4O3. The minimum absolute atomic E-state index is 0.0158. The number of aromatic nitrogens is 2. The molecule has 0 saturated carbocycles. The molecule has 7 heteroatoms. The fourth-order valence-electron chi connectivity index (χ4n) is 4.68. The molecule has 0 spiro atoms. The second kappa shape index (κ2) is 8.19. The highest BCUT2D eigenvalue weighted by Crippen LogP contribution is 2.41. The highest BCUT2D eigenvalue weighted by atomic mass is 16.2. The van der Waals surface area contributed by atoms with Crippen molar-refractivity contribution in [2.75, 3.05) is 19.6 Å². The summed E-state index contributed by atoms with van der Waals surface area (Å²) in [5.74, 6) is -0.0774. The maximum absolute atomic E-state index is 13.1. The van der Waals surface area contributed by atoms with E-state index in [1.807, 2.05) is 29.3 Å². The molecule has 1 saturated heterocycles. The smallest absolute Gasteiger partial charge is 0.251 e. The lowest BCUT2D eigenvalue weighted by atomic mass is 9.78. The second-order valence-electron chi connectivity index (χ2n) is 7.98. The highest BCUT2D eigenvalue weighted by molar-refractivity contribution is 5.81. The van der Waals surface area contributed by atoms with Crippen molar-refractivity contribution < 1.29 is 9.59 Å². The van der Waals surface area contributed by atoms with Crippen molar-refractivity contribution >= 4 is 11.8 Å². The van der Waals surface area contributed by atoms with E-state index in [1.165, 1.54) is 6.07 Å². The Hall–Kier alpha value is -2.96. The van der Waals surface area contributed by atoms with Crippen LogP contribution in [0.4, 0.5) is 0 Å². The molecule has 0 aromatic carbocycles.